The Balaban J connectivity index is 1.33. The fourth-order valence-electron chi connectivity index (χ4n) is 4.57. The molecule has 1 saturated heterocycles. The number of nitrogens with zero attached hydrogens (tertiary/aromatic N) is 2. The average Bonchev–Trinajstić information content (AvgIpc) is 3.20. The van der Waals surface area contributed by atoms with E-state index < -0.39 is 0 Å². The monoisotopic (exact) mass is 550 g/mol. The minimum atomic E-state index is 0.0421. The van der Waals surface area contributed by atoms with Gasteiger partial charge in [-0.25, -0.2) is 4.99 Å². The molecular formula is C30H28Cl2N2O2S. The normalized spacial score (nSPS) is 18.7. The van der Waals surface area contributed by atoms with Crippen molar-refractivity contribution >= 4 is 57.8 Å². The van der Waals surface area contributed by atoms with E-state index in [1.807, 2.05) is 65.6 Å². The van der Waals surface area contributed by atoms with E-state index in [1.165, 1.54) is 23.7 Å². The third kappa shape index (κ3) is 6.40. The van der Waals surface area contributed by atoms with Gasteiger partial charge in [0.25, 0.3) is 5.91 Å². The minimum Gasteiger partial charge on any atom is -0.489 e. The number of hydrogen-bond donors (Lipinski definition) is 0. The second-order valence-electron chi connectivity index (χ2n) is 9.40. The Kier molecular flexibility index (Phi) is 8.23. The van der Waals surface area contributed by atoms with Crippen molar-refractivity contribution in [3.63, 3.8) is 0 Å². The molecule has 2 aliphatic rings. The molecule has 1 heterocycles. The third-order valence-electron chi connectivity index (χ3n) is 6.62. The van der Waals surface area contributed by atoms with Crippen LogP contribution in [0.25, 0.3) is 6.08 Å². The molecule has 0 spiro atoms. The van der Waals surface area contributed by atoms with Gasteiger partial charge in [-0.3, -0.25) is 9.69 Å². The fourth-order valence-corrected chi connectivity index (χ4v) is 6.09. The van der Waals surface area contributed by atoms with Gasteiger partial charge >= 0.3 is 0 Å². The summed E-state index contributed by atoms with van der Waals surface area (Å²) >= 11 is 13.7. The van der Waals surface area contributed by atoms with E-state index in [0.717, 1.165) is 53.4 Å². The maximum Gasteiger partial charge on any atom is 0.267 e. The summed E-state index contributed by atoms with van der Waals surface area (Å²) in [4.78, 5) is 21.1. The van der Waals surface area contributed by atoms with Crippen molar-refractivity contribution in [2.75, 3.05) is 0 Å². The largest absolute Gasteiger partial charge is 0.489 e. The molecule has 3 aromatic rings. The molecule has 1 amide bonds. The van der Waals surface area contributed by atoms with Crippen molar-refractivity contribution in [2.45, 2.75) is 51.7 Å². The molecular weight excluding hydrogens is 523 g/mol. The smallest absolute Gasteiger partial charge is 0.267 e. The number of benzene rings is 3. The molecule has 1 aliphatic heterocycles. The molecule has 0 N–H and O–H groups in total. The van der Waals surface area contributed by atoms with Gasteiger partial charge in [-0.2, -0.15) is 0 Å². The molecule has 2 fully saturated rings. The molecule has 5 rings (SSSR count). The number of aliphatic imine (C=N–C) groups is 1. The quantitative estimate of drug-likeness (QED) is 0.288. The predicted molar refractivity (Wildman–Crippen MR) is 155 cm³/mol. The number of carbonyl (C=O) groups is 1. The number of amidine groups is 1. The first-order chi connectivity index (χ1) is 18.0. The van der Waals surface area contributed by atoms with Crippen LogP contribution in [-0.4, -0.2) is 22.0 Å². The van der Waals surface area contributed by atoms with E-state index in [4.69, 9.17) is 32.9 Å². The number of ether oxygens (including phenoxy) is 1. The van der Waals surface area contributed by atoms with E-state index in [9.17, 15) is 4.79 Å². The molecule has 7 heteroatoms. The van der Waals surface area contributed by atoms with E-state index in [2.05, 4.69) is 6.92 Å². The number of hydrogen-bond acceptors (Lipinski definition) is 4. The van der Waals surface area contributed by atoms with Crippen molar-refractivity contribution in [1.29, 1.82) is 0 Å². The highest BCUT2D eigenvalue weighted by atomic mass is 35.5. The molecule has 1 saturated carbocycles. The van der Waals surface area contributed by atoms with Crippen LogP contribution < -0.4 is 4.74 Å². The van der Waals surface area contributed by atoms with E-state index in [0.29, 0.717) is 21.6 Å². The Labute approximate surface area is 232 Å². The maximum absolute atomic E-state index is 13.6. The summed E-state index contributed by atoms with van der Waals surface area (Å²) in [5.74, 6) is 0.768. The van der Waals surface area contributed by atoms with Crippen molar-refractivity contribution in [1.82, 2.24) is 4.90 Å². The van der Waals surface area contributed by atoms with Gasteiger partial charge < -0.3 is 4.74 Å². The first-order valence-electron chi connectivity index (χ1n) is 12.5. The molecule has 0 bridgehead atoms. The lowest BCUT2D eigenvalue weighted by molar-refractivity contribution is -0.124. The lowest BCUT2D eigenvalue weighted by Gasteiger charge is -2.30. The van der Waals surface area contributed by atoms with Gasteiger partial charge in [-0.1, -0.05) is 78.4 Å². The standard InChI is InChI=1S/C30H28Cl2N2O2S/c1-20-7-13-24(14-8-20)33-30-34(25-5-3-2-4-6-25)29(35)28(37-30)17-21-9-15-26(16-10-21)36-19-22-11-12-23(31)18-27(22)32/h7-18,25H,2-6,19H2,1H3/b28-17+,33-30?. The Morgan fingerprint density at radius 3 is 2.43 bits per heavy atom. The maximum atomic E-state index is 13.6. The number of aryl methyl sites for hydroxylation is 1. The second-order valence-corrected chi connectivity index (χ2v) is 11.3. The summed E-state index contributed by atoms with van der Waals surface area (Å²) in [6, 6.07) is 21.4. The molecule has 190 valence electrons. The highest BCUT2D eigenvalue weighted by Crippen LogP contribution is 2.38. The van der Waals surface area contributed by atoms with Crippen molar-refractivity contribution in [2.24, 2.45) is 4.99 Å². The molecule has 37 heavy (non-hydrogen) atoms. The molecule has 4 nitrogen and oxygen atoms in total. The summed E-state index contributed by atoms with van der Waals surface area (Å²) in [5.41, 5.74) is 3.86. The van der Waals surface area contributed by atoms with Crippen LogP contribution in [0.5, 0.6) is 5.75 Å². The summed E-state index contributed by atoms with van der Waals surface area (Å²) in [7, 11) is 0. The first kappa shape index (κ1) is 25.9. The van der Waals surface area contributed by atoms with Gasteiger partial charge in [0.15, 0.2) is 5.17 Å². The zero-order chi connectivity index (χ0) is 25.8. The average molecular weight is 552 g/mol. The van der Waals surface area contributed by atoms with Crippen molar-refractivity contribution in [3.8, 4) is 5.75 Å². The Bertz CT molecular complexity index is 1330. The number of carbonyl (C=O) groups excluding carboxylic acids is 1. The van der Waals surface area contributed by atoms with Crippen LogP contribution >= 0.6 is 35.0 Å². The number of rotatable bonds is 6. The minimum absolute atomic E-state index is 0.0421. The van der Waals surface area contributed by atoms with Gasteiger partial charge in [0, 0.05) is 21.7 Å². The van der Waals surface area contributed by atoms with E-state index >= 15 is 0 Å². The lowest BCUT2D eigenvalue weighted by Crippen LogP contribution is -2.40. The number of thioether (sulfide) groups is 1. The molecule has 0 aromatic heterocycles. The van der Waals surface area contributed by atoms with Crippen LogP contribution in [0.4, 0.5) is 5.69 Å². The van der Waals surface area contributed by atoms with Gasteiger partial charge in [-0.05, 0) is 79.6 Å². The lowest BCUT2D eigenvalue weighted by atomic mass is 9.94. The van der Waals surface area contributed by atoms with Gasteiger partial charge in [-0.15, -0.1) is 0 Å². The van der Waals surface area contributed by atoms with Crippen LogP contribution in [0.2, 0.25) is 10.0 Å². The Morgan fingerprint density at radius 1 is 1.00 bits per heavy atom. The van der Waals surface area contributed by atoms with Gasteiger partial charge in [0.1, 0.15) is 12.4 Å². The summed E-state index contributed by atoms with van der Waals surface area (Å²) < 4.78 is 5.90. The van der Waals surface area contributed by atoms with Crippen molar-refractivity contribution < 1.29 is 9.53 Å². The molecule has 1 aliphatic carbocycles. The Hall–Kier alpha value is -2.73. The van der Waals surface area contributed by atoms with Crippen LogP contribution in [-0.2, 0) is 11.4 Å². The number of halogens is 2. The van der Waals surface area contributed by atoms with Crippen LogP contribution in [0, 0.1) is 6.92 Å². The third-order valence-corrected chi connectivity index (χ3v) is 8.19. The van der Waals surface area contributed by atoms with Crippen LogP contribution in [0.3, 0.4) is 0 Å². The molecule has 3 aromatic carbocycles. The van der Waals surface area contributed by atoms with E-state index in [-0.39, 0.29) is 11.9 Å². The highest BCUT2D eigenvalue weighted by Gasteiger charge is 2.38. The predicted octanol–water partition coefficient (Wildman–Crippen LogP) is 8.82. The van der Waals surface area contributed by atoms with Crippen molar-refractivity contribution in [3.05, 3.63) is 98.4 Å². The highest BCUT2D eigenvalue weighted by molar-refractivity contribution is 8.18. The SMILES string of the molecule is Cc1ccc(N=C2S/C(=C/c3ccc(OCc4ccc(Cl)cc4Cl)cc3)C(=O)N2C2CCCCC2)cc1. The zero-order valence-corrected chi connectivity index (χ0v) is 23.0. The summed E-state index contributed by atoms with van der Waals surface area (Å²) in [5, 5.41) is 1.95. The fraction of sp³-hybridized carbons (Fsp3) is 0.267. The van der Waals surface area contributed by atoms with Gasteiger partial charge in [0.05, 0.1) is 10.6 Å². The zero-order valence-electron chi connectivity index (χ0n) is 20.6. The second kappa shape index (κ2) is 11.8. The van der Waals surface area contributed by atoms with Crippen LogP contribution in [0.15, 0.2) is 76.6 Å². The Morgan fingerprint density at radius 2 is 1.73 bits per heavy atom. The summed E-state index contributed by atoms with van der Waals surface area (Å²) in [6.07, 6.45) is 7.53. The number of amides is 1. The molecule has 0 radical (unpaired) electrons. The summed E-state index contributed by atoms with van der Waals surface area (Å²) in [6.45, 7) is 2.41. The van der Waals surface area contributed by atoms with E-state index in [1.54, 1.807) is 12.1 Å². The van der Waals surface area contributed by atoms with Gasteiger partial charge in [0.2, 0.25) is 0 Å². The van der Waals surface area contributed by atoms with Crippen LogP contribution in [0.1, 0.15) is 48.8 Å². The topological polar surface area (TPSA) is 41.9 Å². The first-order valence-corrected chi connectivity index (χ1v) is 14.1. The molecule has 0 unspecified atom stereocenters. The molecule has 0 atom stereocenters.